The maximum absolute atomic E-state index is 10.4. The number of aliphatic hydroxyl groups excluding tert-OH is 4. The van der Waals surface area contributed by atoms with E-state index in [2.05, 4.69) is 5.10 Å². The molecule has 0 bridgehead atoms. The first-order chi connectivity index (χ1) is 16.6. The minimum Gasteiger partial charge on any atom is -0.491 e. The predicted octanol–water partition coefficient (Wildman–Crippen LogP) is 1.33. The number of ether oxygens (including phenoxy) is 3. The molecule has 0 aliphatic carbocycles. The number of aliphatic hydroxyl groups is 4. The first-order valence-electron chi connectivity index (χ1n) is 12.5. The minimum absolute atomic E-state index is 0.0194. The van der Waals surface area contributed by atoms with E-state index in [0.29, 0.717) is 11.3 Å². The molecule has 9 nitrogen and oxygen atoms in total. The van der Waals surface area contributed by atoms with Crippen molar-refractivity contribution in [3.05, 3.63) is 41.1 Å². The Hall–Kier alpha value is -2.17. The van der Waals surface area contributed by atoms with Crippen molar-refractivity contribution in [3.63, 3.8) is 0 Å². The second-order valence-corrected chi connectivity index (χ2v) is 8.29. The van der Waals surface area contributed by atoms with Gasteiger partial charge < -0.3 is 34.6 Å². The third-order valence-corrected chi connectivity index (χ3v) is 5.12. The molecular weight excluding hydrogens is 416 g/mol. The fourth-order valence-corrected chi connectivity index (χ4v) is 3.44. The zero-order valence-corrected chi connectivity index (χ0v) is 18.6. The lowest BCUT2D eigenvalue weighted by atomic mass is 9.99. The van der Waals surface area contributed by atoms with Crippen LogP contribution in [-0.4, -0.2) is 73.6 Å². The van der Waals surface area contributed by atoms with Crippen molar-refractivity contribution in [1.29, 1.82) is 0 Å². The lowest BCUT2D eigenvalue weighted by Gasteiger charge is -2.39. The maximum Gasteiger partial charge on any atom is 0.239 e. The van der Waals surface area contributed by atoms with E-state index in [-0.39, 0.29) is 29.7 Å². The topological polar surface area (TPSA) is 126 Å². The normalized spacial score (nSPS) is 28.6. The van der Waals surface area contributed by atoms with Gasteiger partial charge in [-0.25, -0.2) is 0 Å². The molecule has 0 amide bonds. The number of benzene rings is 1. The van der Waals surface area contributed by atoms with Crippen molar-refractivity contribution in [2.24, 2.45) is 0 Å². The van der Waals surface area contributed by atoms with E-state index < -0.39 is 50.2 Å². The summed E-state index contributed by atoms with van der Waals surface area (Å²) in [6.45, 7) is 3.41. The fraction of sp³-hybridized carbons (Fsp3) is 0.609. The van der Waals surface area contributed by atoms with Gasteiger partial charge in [-0.2, -0.15) is 0 Å². The standard InChI is InChI=1S/C23H34N2O7/c1-12(2)25-14(5)17(10-15-6-8-16(9-7-15)30-13(3)4)22(24-25)32-23-21(29)20(28)19(27)18(11-26)31-23/h6-9,12-13,18-21,23,26-29H,10-11H2,1-5H3/t18-,19-,20+,21-,23+/m1/s1/i5D3,12D. The molecule has 0 unspecified atom stereocenters. The molecule has 1 aromatic heterocycles. The van der Waals surface area contributed by atoms with Crippen LogP contribution in [0.25, 0.3) is 0 Å². The highest BCUT2D eigenvalue weighted by atomic mass is 16.7. The molecule has 0 radical (unpaired) electrons. The van der Waals surface area contributed by atoms with Gasteiger partial charge in [0.2, 0.25) is 12.2 Å². The van der Waals surface area contributed by atoms with Gasteiger partial charge in [-0.15, -0.1) is 5.10 Å². The molecule has 1 saturated heterocycles. The first-order valence-corrected chi connectivity index (χ1v) is 10.5. The van der Waals surface area contributed by atoms with Gasteiger partial charge in [-0.05, 0) is 52.2 Å². The molecule has 1 aliphatic rings. The number of nitrogens with zero attached hydrogens (tertiary/aromatic N) is 2. The molecule has 1 fully saturated rings. The van der Waals surface area contributed by atoms with Crippen LogP contribution in [0.5, 0.6) is 11.6 Å². The highest BCUT2D eigenvalue weighted by molar-refractivity contribution is 5.38. The van der Waals surface area contributed by atoms with Gasteiger partial charge in [0.1, 0.15) is 30.2 Å². The van der Waals surface area contributed by atoms with Crippen LogP contribution in [-0.2, 0) is 11.2 Å². The SMILES string of the molecule is [2H]C([2H])([2H])c1c(Cc2ccc(OC(C)C)cc2)c(O[C@@H]2O[C@H](CO)[C@@H](O)[C@H](O)[C@H]2O)nn1C([2H])(C)C. The average Bonchev–Trinajstić information content (AvgIpc) is 3.14. The van der Waals surface area contributed by atoms with Gasteiger partial charge in [-0.1, -0.05) is 12.1 Å². The van der Waals surface area contributed by atoms with Gasteiger partial charge in [0.25, 0.3) is 0 Å². The third-order valence-electron chi connectivity index (χ3n) is 5.12. The van der Waals surface area contributed by atoms with E-state index in [1.54, 1.807) is 24.3 Å². The zero-order chi connectivity index (χ0) is 27.0. The average molecular weight is 455 g/mol. The Kier molecular flexibility index (Phi) is 6.14. The molecule has 0 spiro atoms. The van der Waals surface area contributed by atoms with Gasteiger partial charge in [0.05, 0.1) is 14.1 Å². The Morgan fingerprint density at radius 2 is 1.81 bits per heavy atom. The zero-order valence-electron chi connectivity index (χ0n) is 22.6. The molecule has 2 aromatic rings. The summed E-state index contributed by atoms with van der Waals surface area (Å²) in [6, 6.07) is 5.55. The van der Waals surface area contributed by atoms with Gasteiger partial charge in [-0.3, -0.25) is 4.68 Å². The highest BCUT2D eigenvalue weighted by Crippen LogP contribution is 2.31. The second-order valence-electron chi connectivity index (χ2n) is 8.29. The van der Waals surface area contributed by atoms with Gasteiger partial charge in [0.15, 0.2) is 0 Å². The van der Waals surface area contributed by atoms with Crippen LogP contribution in [0.4, 0.5) is 0 Å². The van der Waals surface area contributed by atoms with Crippen molar-refractivity contribution in [2.45, 2.75) is 83.8 Å². The van der Waals surface area contributed by atoms with Crippen LogP contribution in [0.2, 0.25) is 0 Å². The quantitative estimate of drug-likeness (QED) is 0.471. The molecule has 9 heteroatoms. The largest absolute Gasteiger partial charge is 0.491 e. The van der Waals surface area contributed by atoms with E-state index in [9.17, 15) is 20.4 Å². The van der Waals surface area contributed by atoms with E-state index in [1.807, 2.05) is 13.8 Å². The monoisotopic (exact) mass is 454 g/mol. The van der Waals surface area contributed by atoms with Crippen LogP contribution in [0, 0.1) is 6.85 Å². The number of hydrogen-bond donors (Lipinski definition) is 4. The smallest absolute Gasteiger partial charge is 0.239 e. The van der Waals surface area contributed by atoms with Crippen molar-refractivity contribution in [2.75, 3.05) is 6.61 Å². The van der Waals surface area contributed by atoms with Crippen LogP contribution in [0.1, 0.15) is 56.0 Å². The summed E-state index contributed by atoms with van der Waals surface area (Å²) in [5.74, 6) is 0.430. The van der Waals surface area contributed by atoms with Gasteiger partial charge >= 0.3 is 0 Å². The summed E-state index contributed by atoms with van der Waals surface area (Å²) in [4.78, 5) is 0. The van der Waals surface area contributed by atoms with E-state index in [1.165, 1.54) is 13.8 Å². The fourth-order valence-electron chi connectivity index (χ4n) is 3.44. The Morgan fingerprint density at radius 1 is 1.12 bits per heavy atom. The summed E-state index contributed by atoms with van der Waals surface area (Å²) in [5.41, 5.74) is 0.631. The van der Waals surface area contributed by atoms with Crippen LogP contribution in [0.15, 0.2) is 24.3 Å². The number of rotatable bonds is 8. The van der Waals surface area contributed by atoms with E-state index in [4.69, 9.17) is 19.7 Å². The van der Waals surface area contributed by atoms with Crippen molar-refractivity contribution in [1.82, 2.24) is 9.78 Å². The lowest BCUT2D eigenvalue weighted by Crippen LogP contribution is -2.60. The molecule has 1 aromatic carbocycles. The molecule has 0 saturated carbocycles. The summed E-state index contributed by atoms with van der Waals surface area (Å²) in [5, 5.41) is 44.3. The molecule has 5 atom stereocenters. The summed E-state index contributed by atoms with van der Waals surface area (Å²) in [7, 11) is 0. The Balaban J connectivity index is 2.05. The van der Waals surface area contributed by atoms with Crippen LogP contribution < -0.4 is 9.47 Å². The molecule has 178 valence electrons. The highest BCUT2D eigenvalue weighted by Gasteiger charge is 2.45. The minimum atomic E-state index is -2.67. The van der Waals surface area contributed by atoms with Crippen molar-refractivity contribution >= 4 is 0 Å². The van der Waals surface area contributed by atoms with Crippen LogP contribution >= 0.6 is 0 Å². The second kappa shape index (κ2) is 10.2. The Bertz CT molecular complexity index is 1020. The first kappa shape index (κ1) is 19.3. The third kappa shape index (κ3) is 5.24. The number of hydrogen-bond acceptors (Lipinski definition) is 8. The van der Waals surface area contributed by atoms with E-state index in [0.717, 1.165) is 4.68 Å². The molecular formula is C23H34N2O7. The van der Waals surface area contributed by atoms with Gasteiger partial charge in [0, 0.05) is 27.8 Å². The molecule has 1 aliphatic heterocycles. The Labute approximate surface area is 193 Å². The van der Waals surface area contributed by atoms with Crippen molar-refractivity contribution in [3.8, 4) is 11.6 Å². The molecule has 32 heavy (non-hydrogen) atoms. The molecule has 2 heterocycles. The summed E-state index contributed by atoms with van der Waals surface area (Å²) in [6.07, 6.45) is -7.74. The Morgan fingerprint density at radius 3 is 2.38 bits per heavy atom. The summed E-state index contributed by atoms with van der Waals surface area (Å²) < 4.78 is 50.7. The number of aromatic nitrogens is 2. The lowest BCUT2D eigenvalue weighted by molar-refractivity contribution is -0.278. The summed E-state index contributed by atoms with van der Waals surface area (Å²) >= 11 is 0. The van der Waals surface area contributed by atoms with Crippen molar-refractivity contribution < 1.29 is 40.1 Å². The van der Waals surface area contributed by atoms with Crippen LogP contribution in [0.3, 0.4) is 0 Å². The van der Waals surface area contributed by atoms with E-state index >= 15 is 0 Å². The maximum atomic E-state index is 10.4. The predicted molar refractivity (Wildman–Crippen MR) is 117 cm³/mol. The molecule has 3 rings (SSSR count). The molecule has 4 N–H and O–H groups in total.